The summed E-state index contributed by atoms with van der Waals surface area (Å²) in [6, 6.07) is 11.7. The third-order valence-corrected chi connectivity index (χ3v) is 3.97. The molecule has 1 aromatic carbocycles. The van der Waals surface area contributed by atoms with Crippen LogP contribution in [0.4, 0.5) is 5.69 Å². The highest BCUT2D eigenvalue weighted by molar-refractivity contribution is 5.95. The molecule has 3 rings (SSSR count). The zero-order valence-electron chi connectivity index (χ0n) is 13.1. The van der Waals surface area contributed by atoms with E-state index in [9.17, 15) is 4.79 Å². The molecule has 0 aliphatic carbocycles. The second kappa shape index (κ2) is 7.35. The number of aromatic nitrogens is 1. The monoisotopic (exact) mass is 312 g/mol. The number of methoxy groups -OCH3 is 1. The Morgan fingerprint density at radius 3 is 2.96 bits per heavy atom. The van der Waals surface area contributed by atoms with Crippen LogP contribution in [0.2, 0.25) is 0 Å². The third kappa shape index (κ3) is 3.75. The quantitative estimate of drug-likeness (QED) is 0.849. The van der Waals surface area contributed by atoms with Gasteiger partial charge < -0.3 is 14.4 Å². The maximum atomic E-state index is 12.5. The first-order valence-electron chi connectivity index (χ1n) is 7.65. The molecule has 5 nitrogen and oxygen atoms in total. The number of amides is 1. The standard InChI is InChI=1S/C18H20N2O3/c1-22-16-9-15-6-2-3-7-17(15)20(11-16)18(21)13-23-12-14-5-4-8-19-10-14/h2-8,10,16H,9,11-13H2,1H3. The van der Waals surface area contributed by atoms with Crippen molar-refractivity contribution in [2.24, 2.45) is 0 Å². The number of benzene rings is 1. The fraction of sp³-hybridized carbons (Fsp3) is 0.333. The number of ether oxygens (including phenoxy) is 2. The summed E-state index contributed by atoms with van der Waals surface area (Å²) in [4.78, 5) is 18.3. The molecule has 0 saturated carbocycles. The maximum absolute atomic E-state index is 12.5. The molecule has 0 radical (unpaired) electrons. The van der Waals surface area contributed by atoms with Gasteiger partial charge in [0, 0.05) is 31.6 Å². The van der Waals surface area contributed by atoms with Crippen molar-refractivity contribution in [2.75, 3.05) is 25.2 Å². The Morgan fingerprint density at radius 2 is 2.17 bits per heavy atom. The zero-order chi connectivity index (χ0) is 16.1. The van der Waals surface area contributed by atoms with Gasteiger partial charge in [0.25, 0.3) is 5.91 Å². The van der Waals surface area contributed by atoms with Crippen LogP contribution < -0.4 is 4.90 Å². The molecule has 1 aliphatic heterocycles. The lowest BCUT2D eigenvalue weighted by Crippen LogP contribution is -2.44. The summed E-state index contributed by atoms with van der Waals surface area (Å²) in [5.41, 5.74) is 3.04. The van der Waals surface area contributed by atoms with Crippen molar-refractivity contribution in [2.45, 2.75) is 19.1 Å². The van der Waals surface area contributed by atoms with Crippen LogP contribution in [0.3, 0.4) is 0 Å². The largest absolute Gasteiger partial charge is 0.379 e. The van der Waals surface area contributed by atoms with Gasteiger partial charge in [-0.25, -0.2) is 0 Å². The molecular weight excluding hydrogens is 292 g/mol. The summed E-state index contributed by atoms with van der Waals surface area (Å²) in [7, 11) is 1.68. The van der Waals surface area contributed by atoms with Gasteiger partial charge in [0.15, 0.2) is 0 Å². The van der Waals surface area contributed by atoms with E-state index in [2.05, 4.69) is 4.98 Å². The lowest BCUT2D eigenvalue weighted by Gasteiger charge is -2.33. The number of pyridine rings is 1. The van der Waals surface area contributed by atoms with Crippen molar-refractivity contribution in [3.63, 3.8) is 0 Å². The predicted molar refractivity (Wildman–Crippen MR) is 87.2 cm³/mol. The Morgan fingerprint density at radius 1 is 1.30 bits per heavy atom. The molecule has 1 amide bonds. The Labute approximate surface area is 135 Å². The van der Waals surface area contributed by atoms with Gasteiger partial charge in [-0.2, -0.15) is 0 Å². The van der Waals surface area contributed by atoms with Gasteiger partial charge >= 0.3 is 0 Å². The molecule has 2 aromatic rings. The highest BCUT2D eigenvalue weighted by Gasteiger charge is 2.28. The van der Waals surface area contributed by atoms with Gasteiger partial charge in [-0.1, -0.05) is 24.3 Å². The normalized spacial score (nSPS) is 16.9. The fourth-order valence-corrected chi connectivity index (χ4v) is 2.77. The van der Waals surface area contributed by atoms with Crippen LogP contribution in [-0.4, -0.2) is 37.3 Å². The molecule has 23 heavy (non-hydrogen) atoms. The van der Waals surface area contributed by atoms with Gasteiger partial charge in [0.2, 0.25) is 0 Å². The molecule has 2 heterocycles. The highest BCUT2D eigenvalue weighted by Crippen LogP contribution is 2.28. The summed E-state index contributed by atoms with van der Waals surface area (Å²) in [6.45, 7) is 0.977. The van der Waals surface area contributed by atoms with E-state index in [1.807, 2.05) is 36.4 Å². The number of para-hydroxylation sites is 1. The van der Waals surface area contributed by atoms with Gasteiger partial charge in [-0.3, -0.25) is 9.78 Å². The second-order valence-electron chi connectivity index (χ2n) is 5.55. The Bertz CT molecular complexity index is 660. The Hall–Kier alpha value is -2.24. The summed E-state index contributed by atoms with van der Waals surface area (Å²) in [6.07, 6.45) is 4.30. The molecular formula is C18H20N2O3. The zero-order valence-corrected chi connectivity index (χ0v) is 13.1. The van der Waals surface area contributed by atoms with E-state index >= 15 is 0 Å². The average molecular weight is 312 g/mol. The van der Waals surface area contributed by atoms with E-state index in [-0.39, 0.29) is 18.6 Å². The smallest absolute Gasteiger partial charge is 0.253 e. The van der Waals surface area contributed by atoms with Crippen molar-refractivity contribution in [3.05, 3.63) is 59.9 Å². The van der Waals surface area contributed by atoms with E-state index in [1.165, 1.54) is 0 Å². The number of fused-ring (bicyclic) bond motifs is 1. The van der Waals surface area contributed by atoms with Gasteiger partial charge in [0.05, 0.1) is 19.3 Å². The first-order chi connectivity index (χ1) is 11.3. The molecule has 0 spiro atoms. The number of nitrogens with zero attached hydrogens (tertiary/aromatic N) is 2. The minimum absolute atomic E-state index is 0.0205. The van der Waals surface area contributed by atoms with Crippen LogP contribution in [0.1, 0.15) is 11.1 Å². The van der Waals surface area contributed by atoms with Crippen LogP contribution in [0.15, 0.2) is 48.8 Å². The minimum Gasteiger partial charge on any atom is -0.379 e. The number of rotatable bonds is 5. The minimum atomic E-state index is -0.0527. The molecule has 1 unspecified atom stereocenters. The molecule has 1 atom stereocenters. The van der Waals surface area contributed by atoms with E-state index in [1.54, 1.807) is 24.4 Å². The number of carbonyl (C=O) groups excluding carboxylic acids is 1. The van der Waals surface area contributed by atoms with E-state index in [0.717, 1.165) is 23.2 Å². The third-order valence-electron chi connectivity index (χ3n) is 3.97. The van der Waals surface area contributed by atoms with Crippen molar-refractivity contribution in [1.82, 2.24) is 4.98 Å². The lowest BCUT2D eigenvalue weighted by atomic mass is 9.99. The Kier molecular flexibility index (Phi) is 5.00. The first-order valence-corrected chi connectivity index (χ1v) is 7.65. The van der Waals surface area contributed by atoms with Crippen LogP contribution in [0.5, 0.6) is 0 Å². The molecule has 1 aromatic heterocycles. The SMILES string of the molecule is COC1Cc2ccccc2N(C(=O)COCc2cccnc2)C1. The molecule has 5 heteroatoms. The summed E-state index contributed by atoms with van der Waals surface area (Å²) in [5.74, 6) is -0.0527. The molecule has 120 valence electrons. The van der Waals surface area contributed by atoms with E-state index in [0.29, 0.717) is 13.2 Å². The summed E-state index contributed by atoms with van der Waals surface area (Å²) in [5, 5.41) is 0. The van der Waals surface area contributed by atoms with Crippen molar-refractivity contribution < 1.29 is 14.3 Å². The molecule has 0 fully saturated rings. The maximum Gasteiger partial charge on any atom is 0.253 e. The van der Waals surface area contributed by atoms with Crippen molar-refractivity contribution in [1.29, 1.82) is 0 Å². The average Bonchev–Trinajstić information content (AvgIpc) is 2.61. The topological polar surface area (TPSA) is 51.7 Å². The van der Waals surface area contributed by atoms with Gasteiger partial charge in [0.1, 0.15) is 6.61 Å². The second-order valence-corrected chi connectivity index (χ2v) is 5.55. The summed E-state index contributed by atoms with van der Waals surface area (Å²) < 4.78 is 11.0. The predicted octanol–water partition coefficient (Wildman–Crippen LogP) is 2.20. The van der Waals surface area contributed by atoms with Gasteiger partial charge in [-0.05, 0) is 23.3 Å². The highest BCUT2D eigenvalue weighted by atomic mass is 16.5. The first kappa shape index (κ1) is 15.6. The number of carbonyl (C=O) groups is 1. The molecule has 0 saturated heterocycles. The van der Waals surface area contributed by atoms with Crippen molar-refractivity contribution in [3.8, 4) is 0 Å². The van der Waals surface area contributed by atoms with E-state index < -0.39 is 0 Å². The molecule has 0 N–H and O–H groups in total. The van der Waals surface area contributed by atoms with Crippen LogP contribution in [-0.2, 0) is 27.3 Å². The van der Waals surface area contributed by atoms with Crippen molar-refractivity contribution >= 4 is 11.6 Å². The fourth-order valence-electron chi connectivity index (χ4n) is 2.77. The van der Waals surface area contributed by atoms with Gasteiger partial charge in [-0.15, -0.1) is 0 Å². The molecule has 0 bridgehead atoms. The van der Waals surface area contributed by atoms with Crippen LogP contribution >= 0.6 is 0 Å². The Balaban J connectivity index is 1.64. The molecule has 1 aliphatic rings. The van der Waals surface area contributed by atoms with Crippen LogP contribution in [0, 0.1) is 0 Å². The number of hydrogen-bond acceptors (Lipinski definition) is 4. The number of anilines is 1. The summed E-state index contributed by atoms with van der Waals surface area (Å²) >= 11 is 0. The van der Waals surface area contributed by atoms with E-state index in [4.69, 9.17) is 9.47 Å². The lowest BCUT2D eigenvalue weighted by molar-refractivity contribution is -0.124. The number of hydrogen-bond donors (Lipinski definition) is 0. The van der Waals surface area contributed by atoms with Crippen LogP contribution in [0.25, 0.3) is 0 Å².